The first kappa shape index (κ1) is 21.7. The third kappa shape index (κ3) is 5.03. The smallest absolute Gasteiger partial charge is 0.322 e. The maximum Gasteiger partial charge on any atom is 0.322 e. The highest BCUT2D eigenvalue weighted by molar-refractivity contribution is 7.91. The molecule has 8 nitrogen and oxygen atoms in total. The number of rotatable bonds is 7. The predicted octanol–water partition coefficient (Wildman–Crippen LogP) is 3.32. The summed E-state index contributed by atoms with van der Waals surface area (Å²) in [4.78, 5) is 12.6. The van der Waals surface area contributed by atoms with Crippen molar-refractivity contribution >= 4 is 33.3 Å². The number of hydrogen-bond acceptors (Lipinski definition) is 7. The average Bonchev–Trinajstić information content (AvgIpc) is 3.47. The topological polar surface area (TPSA) is 105 Å². The molecule has 1 fully saturated rings. The molecule has 0 bridgehead atoms. The van der Waals surface area contributed by atoms with Crippen molar-refractivity contribution in [1.29, 1.82) is 0 Å². The van der Waals surface area contributed by atoms with Crippen LogP contribution in [0, 0.1) is 5.92 Å². The number of amides is 1. The Balaban J connectivity index is 1.30. The zero-order valence-electron chi connectivity index (χ0n) is 17.2. The van der Waals surface area contributed by atoms with Crippen LogP contribution in [0.3, 0.4) is 0 Å². The number of nitrogens with zero attached hydrogens (tertiary/aromatic N) is 3. The van der Waals surface area contributed by atoms with Crippen molar-refractivity contribution in [1.82, 2.24) is 14.5 Å². The fraction of sp³-hybridized carbons (Fsp3) is 0.381. The minimum absolute atomic E-state index is 0.0683. The average molecular weight is 461 g/mol. The van der Waals surface area contributed by atoms with Crippen LogP contribution in [0.5, 0.6) is 0 Å². The van der Waals surface area contributed by atoms with Crippen LogP contribution in [0.4, 0.5) is 6.01 Å². The molecule has 0 spiro atoms. The second-order valence-electron chi connectivity index (χ2n) is 7.45. The maximum absolute atomic E-state index is 12.6. The van der Waals surface area contributed by atoms with E-state index < -0.39 is 10.0 Å². The predicted molar refractivity (Wildman–Crippen MR) is 117 cm³/mol. The number of nitrogens with one attached hydrogen (secondary N) is 1. The highest BCUT2D eigenvalue weighted by Crippen LogP contribution is 2.27. The van der Waals surface area contributed by atoms with Crippen LogP contribution in [0.2, 0.25) is 0 Å². The molecular weight excluding hydrogens is 436 g/mol. The summed E-state index contributed by atoms with van der Waals surface area (Å²) in [7, 11) is -3.48. The molecule has 0 aliphatic carbocycles. The molecule has 31 heavy (non-hydrogen) atoms. The van der Waals surface area contributed by atoms with Crippen LogP contribution >= 0.6 is 11.3 Å². The molecule has 10 heteroatoms. The second kappa shape index (κ2) is 9.29. The molecule has 3 heterocycles. The molecule has 164 valence electrons. The number of aryl methyl sites for hydroxylation is 1. The Morgan fingerprint density at radius 3 is 2.52 bits per heavy atom. The molecular formula is C21H24N4O4S2. The van der Waals surface area contributed by atoms with Crippen LogP contribution in [0.1, 0.15) is 36.8 Å². The second-order valence-corrected chi connectivity index (χ2v) is 10.6. The lowest BCUT2D eigenvalue weighted by atomic mass is 9.97. The van der Waals surface area contributed by atoms with E-state index in [0.29, 0.717) is 42.5 Å². The van der Waals surface area contributed by atoms with Crippen molar-refractivity contribution in [2.75, 3.05) is 18.4 Å². The van der Waals surface area contributed by atoms with Gasteiger partial charge in [-0.1, -0.05) is 42.4 Å². The van der Waals surface area contributed by atoms with E-state index in [1.807, 2.05) is 12.1 Å². The van der Waals surface area contributed by atoms with E-state index in [0.717, 1.165) is 12.0 Å². The van der Waals surface area contributed by atoms with Crippen LogP contribution in [-0.4, -0.2) is 41.9 Å². The van der Waals surface area contributed by atoms with Crippen LogP contribution in [0.15, 0.2) is 50.4 Å². The molecule has 1 aliphatic rings. The van der Waals surface area contributed by atoms with Crippen LogP contribution in [-0.2, 0) is 27.7 Å². The lowest BCUT2D eigenvalue weighted by Gasteiger charge is -2.29. The zero-order valence-corrected chi connectivity index (χ0v) is 18.8. The molecule has 0 atom stereocenters. The number of carbonyl (C=O) groups is 1. The number of thiophene rings is 1. The van der Waals surface area contributed by atoms with Gasteiger partial charge in [0.05, 0.1) is 6.42 Å². The molecule has 2 aromatic heterocycles. The first-order valence-electron chi connectivity index (χ1n) is 10.2. The van der Waals surface area contributed by atoms with Crippen molar-refractivity contribution in [2.45, 2.75) is 36.8 Å². The number of sulfonamides is 1. The molecule has 0 radical (unpaired) electrons. The largest absolute Gasteiger partial charge is 0.407 e. The minimum atomic E-state index is -3.48. The van der Waals surface area contributed by atoms with Gasteiger partial charge in [-0.05, 0) is 41.8 Å². The monoisotopic (exact) mass is 460 g/mol. The first-order valence-corrected chi connectivity index (χ1v) is 12.5. The molecule has 1 saturated heterocycles. The Labute approximate surface area is 185 Å². The highest BCUT2D eigenvalue weighted by atomic mass is 32.2. The van der Waals surface area contributed by atoms with E-state index >= 15 is 0 Å². The van der Waals surface area contributed by atoms with E-state index in [1.54, 1.807) is 17.5 Å². The Kier molecular flexibility index (Phi) is 6.49. The van der Waals surface area contributed by atoms with Gasteiger partial charge in [-0.2, -0.15) is 4.31 Å². The molecule has 4 rings (SSSR count). The van der Waals surface area contributed by atoms with Gasteiger partial charge in [0, 0.05) is 19.0 Å². The SMILES string of the molecule is CCc1ccc(Cc2nnc(NC(=O)C3CCN(S(=O)(=O)c4cccs4)CC3)o2)cc1. The minimum Gasteiger partial charge on any atom is -0.407 e. The first-order chi connectivity index (χ1) is 15.0. The quantitative estimate of drug-likeness (QED) is 0.580. The molecule has 1 aromatic carbocycles. The van der Waals surface area contributed by atoms with Crippen molar-refractivity contribution in [3.05, 3.63) is 58.8 Å². The lowest BCUT2D eigenvalue weighted by molar-refractivity contribution is -0.121. The van der Waals surface area contributed by atoms with Crippen molar-refractivity contribution in [3.8, 4) is 0 Å². The molecule has 0 unspecified atom stereocenters. The number of carbonyl (C=O) groups excluding carboxylic acids is 1. The summed E-state index contributed by atoms with van der Waals surface area (Å²) in [6.45, 7) is 2.72. The van der Waals surface area contributed by atoms with Crippen LogP contribution in [0.25, 0.3) is 0 Å². The summed E-state index contributed by atoms with van der Waals surface area (Å²) in [5.74, 6) is -0.0983. The van der Waals surface area contributed by atoms with Crippen molar-refractivity contribution in [2.24, 2.45) is 5.92 Å². The summed E-state index contributed by atoms with van der Waals surface area (Å²) < 4.78 is 32.6. The fourth-order valence-corrected chi connectivity index (χ4v) is 6.16. The molecule has 3 aromatic rings. The Bertz CT molecular complexity index is 1120. The fourth-order valence-electron chi connectivity index (χ4n) is 3.55. The van der Waals surface area contributed by atoms with Gasteiger partial charge in [-0.15, -0.1) is 16.4 Å². The van der Waals surface area contributed by atoms with E-state index in [1.165, 1.54) is 21.2 Å². The van der Waals surface area contributed by atoms with Gasteiger partial charge in [-0.25, -0.2) is 8.42 Å². The van der Waals surface area contributed by atoms with Gasteiger partial charge in [0.1, 0.15) is 4.21 Å². The van der Waals surface area contributed by atoms with E-state index in [-0.39, 0.29) is 17.8 Å². The number of benzene rings is 1. The number of piperidine rings is 1. The molecule has 1 aliphatic heterocycles. The normalized spacial score (nSPS) is 15.8. The summed E-state index contributed by atoms with van der Waals surface area (Å²) in [5, 5.41) is 12.3. The summed E-state index contributed by atoms with van der Waals surface area (Å²) in [5.41, 5.74) is 2.31. The number of anilines is 1. The van der Waals surface area contributed by atoms with Crippen molar-refractivity contribution < 1.29 is 17.6 Å². The standard InChI is InChI=1S/C21H24N4O4S2/c1-2-15-5-7-16(8-6-15)14-18-23-24-21(29-18)22-20(26)17-9-11-25(12-10-17)31(27,28)19-4-3-13-30-19/h3-8,13,17H,2,9-12,14H2,1H3,(H,22,24,26). The van der Waals surface area contributed by atoms with Gasteiger partial charge in [0.25, 0.3) is 10.0 Å². The molecule has 1 N–H and O–H groups in total. The molecule has 1 amide bonds. The van der Waals surface area contributed by atoms with Gasteiger partial charge in [0.2, 0.25) is 11.8 Å². The van der Waals surface area contributed by atoms with Gasteiger partial charge >= 0.3 is 6.01 Å². The summed E-state index contributed by atoms with van der Waals surface area (Å²) >= 11 is 1.20. The summed E-state index contributed by atoms with van der Waals surface area (Å²) in [6.07, 6.45) is 2.37. The van der Waals surface area contributed by atoms with E-state index in [9.17, 15) is 13.2 Å². The summed E-state index contributed by atoms with van der Waals surface area (Å²) in [6, 6.07) is 11.6. The third-order valence-electron chi connectivity index (χ3n) is 5.40. The lowest BCUT2D eigenvalue weighted by Crippen LogP contribution is -2.41. The van der Waals surface area contributed by atoms with Gasteiger partial charge in [0.15, 0.2) is 0 Å². The van der Waals surface area contributed by atoms with Gasteiger partial charge < -0.3 is 4.42 Å². The third-order valence-corrected chi connectivity index (χ3v) is 8.67. The van der Waals surface area contributed by atoms with Crippen molar-refractivity contribution in [3.63, 3.8) is 0 Å². The van der Waals surface area contributed by atoms with E-state index in [4.69, 9.17) is 4.42 Å². The Morgan fingerprint density at radius 1 is 1.16 bits per heavy atom. The maximum atomic E-state index is 12.6. The van der Waals surface area contributed by atoms with E-state index in [2.05, 4.69) is 34.6 Å². The Morgan fingerprint density at radius 2 is 1.87 bits per heavy atom. The zero-order chi connectivity index (χ0) is 21.8. The highest BCUT2D eigenvalue weighted by Gasteiger charge is 2.33. The number of hydrogen-bond donors (Lipinski definition) is 1. The molecule has 0 saturated carbocycles. The Hall–Kier alpha value is -2.56. The van der Waals surface area contributed by atoms with Crippen LogP contribution < -0.4 is 5.32 Å². The number of aromatic nitrogens is 2. The van der Waals surface area contributed by atoms with Gasteiger partial charge in [-0.3, -0.25) is 10.1 Å².